The Hall–Kier alpha value is -1.85. The van der Waals surface area contributed by atoms with E-state index in [1.165, 1.54) is 7.11 Å². The maximum Gasteiger partial charge on any atom is 0.328 e. The van der Waals surface area contributed by atoms with E-state index in [1.54, 1.807) is 13.0 Å². The van der Waals surface area contributed by atoms with Crippen molar-refractivity contribution in [3.05, 3.63) is 11.9 Å². The summed E-state index contributed by atoms with van der Waals surface area (Å²) in [4.78, 5) is 19.4. The van der Waals surface area contributed by atoms with Crippen molar-refractivity contribution in [2.45, 2.75) is 26.3 Å². The van der Waals surface area contributed by atoms with Gasteiger partial charge in [-0.2, -0.15) is 0 Å². The standard InChI is InChI=1S/C10H16N4O2/c1-4-8-13-7(11)5-9(14-8)12-6(2)10(15)16-3/h5-6H,4H2,1-3H3,(H3,11,12,13,14). The number of aromatic nitrogens is 2. The Bertz CT molecular complexity index is 381. The van der Waals surface area contributed by atoms with Crippen molar-refractivity contribution < 1.29 is 9.53 Å². The van der Waals surface area contributed by atoms with Gasteiger partial charge in [0.1, 0.15) is 23.5 Å². The first kappa shape index (κ1) is 12.2. The van der Waals surface area contributed by atoms with Crippen LogP contribution in [-0.2, 0) is 16.0 Å². The highest BCUT2D eigenvalue weighted by Crippen LogP contribution is 2.10. The molecular formula is C10H16N4O2. The minimum Gasteiger partial charge on any atom is -0.467 e. The normalized spacial score (nSPS) is 11.9. The number of nitrogens with one attached hydrogen (secondary N) is 1. The van der Waals surface area contributed by atoms with Gasteiger partial charge in [-0.05, 0) is 6.92 Å². The number of nitrogens with two attached hydrogens (primary N) is 1. The molecule has 6 heteroatoms. The highest BCUT2D eigenvalue weighted by atomic mass is 16.5. The maximum absolute atomic E-state index is 11.2. The van der Waals surface area contributed by atoms with Gasteiger partial charge in [-0.15, -0.1) is 0 Å². The Kier molecular flexibility index (Phi) is 4.04. The van der Waals surface area contributed by atoms with Crippen LogP contribution in [0.25, 0.3) is 0 Å². The van der Waals surface area contributed by atoms with E-state index in [2.05, 4.69) is 20.0 Å². The summed E-state index contributed by atoms with van der Waals surface area (Å²) >= 11 is 0. The minimum atomic E-state index is -0.469. The van der Waals surface area contributed by atoms with E-state index >= 15 is 0 Å². The minimum absolute atomic E-state index is 0.352. The number of rotatable bonds is 4. The predicted octanol–water partition coefficient (Wildman–Crippen LogP) is 0.595. The fraction of sp³-hybridized carbons (Fsp3) is 0.500. The lowest BCUT2D eigenvalue weighted by atomic mass is 10.3. The number of nitrogen functional groups attached to an aromatic ring is 1. The van der Waals surface area contributed by atoms with Crippen molar-refractivity contribution in [3.63, 3.8) is 0 Å². The summed E-state index contributed by atoms with van der Waals surface area (Å²) in [5.41, 5.74) is 5.61. The van der Waals surface area contributed by atoms with Gasteiger partial charge in [0.05, 0.1) is 7.11 Å². The number of ether oxygens (including phenoxy) is 1. The van der Waals surface area contributed by atoms with Crippen LogP contribution in [0.1, 0.15) is 19.7 Å². The highest BCUT2D eigenvalue weighted by Gasteiger charge is 2.13. The smallest absolute Gasteiger partial charge is 0.328 e. The quantitative estimate of drug-likeness (QED) is 0.728. The van der Waals surface area contributed by atoms with Crippen LogP contribution in [0.4, 0.5) is 11.6 Å². The molecule has 0 aliphatic heterocycles. The van der Waals surface area contributed by atoms with E-state index in [-0.39, 0.29) is 5.97 Å². The number of aryl methyl sites for hydroxylation is 1. The van der Waals surface area contributed by atoms with Crippen LogP contribution in [0, 0.1) is 0 Å². The van der Waals surface area contributed by atoms with Gasteiger partial charge in [-0.3, -0.25) is 0 Å². The summed E-state index contributed by atoms with van der Waals surface area (Å²) in [6, 6.07) is 1.11. The lowest BCUT2D eigenvalue weighted by molar-refractivity contribution is -0.141. The van der Waals surface area contributed by atoms with E-state index in [1.807, 2.05) is 6.92 Å². The topological polar surface area (TPSA) is 90.1 Å². The molecule has 1 aromatic rings. The van der Waals surface area contributed by atoms with Gasteiger partial charge in [0, 0.05) is 12.5 Å². The molecule has 1 heterocycles. The molecule has 1 unspecified atom stereocenters. The second kappa shape index (κ2) is 5.29. The predicted molar refractivity (Wildman–Crippen MR) is 60.9 cm³/mol. The summed E-state index contributed by atoms with van der Waals surface area (Å²) in [6.07, 6.45) is 0.687. The average molecular weight is 224 g/mol. The van der Waals surface area contributed by atoms with E-state index in [0.717, 1.165) is 0 Å². The van der Waals surface area contributed by atoms with Crippen molar-refractivity contribution >= 4 is 17.6 Å². The third-order valence-electron chi connectivity index (χ3n) is 2.03. The van der Waals surface area contributed by atoms with E-state index in [0.29, 0.717) is 23.9 Å². The fourth-order valence-corrected chi connectivity index (χ4v) is 1.21. The number of carbonyl (C=O) groups is 1. The SMILES string of the molecule is CCc1nc(N)cc(NC(C)C(=O)OC)n1. The Labute approximate surface area is 94.2 Å². The molecule has 0 radical (unpaired) electrons. The lowest BCUT2D eigenvalue weighted by Crippen LogP contribution is -2.27. The van der Waals surface area contributed by atoms with Crippen molar-refractivity contribution in [2.24, 2.45) is 0 Å². The Morgan fingerprint density at radius 2 is 2.31 bits per heavy atom. The number of hydrogen-bond acceptors (Lipinski definition) is 6. The van der Waals surface area contributed by atoms with Crippen LogP contribution in [0.5, 0.6) is 0 Å². The molecule has 0 saturated carbocycles. The van der Waals surface area contributed by atoms with Gasteiger partial charge in [0.15, 0.2) is 0 Å². The molecule has 0 amide bonds. The molecular weight excluding hydrogens is 208 g/mol. The average Bonchev–Trinajstić information content (AvgIpc) is 2.26. The van der Waals surface area contributed by atoms with Gasteiger partial charge in [0.25, 0.3) is 0 Å². The third-order valence-corrected chi connectivity index (χ3v) is 2.03. The number of esters is 1. The van der Waals surface area contributed by atoms with Gasteiger partial charge >= 0.3 is 5.97 Å². The highest BCUT2D eigenvalue weighted by molar-refractivity contribution is 5.78. The van der Waals surface area contributed by atoms with Crippen LogP contribution in [-0.4, -0.2) is 29.1 Å². The van der Waals surface area contributed by atoms with Crippen LogP contribution in [0.15, 0.2) is 6.07 Å². The molecule has 1 atom stereocenters. The third kappa shape index (κ3) is 3.08. The number of carbonyl (C=O) groups excluding carboxylic acids is 1. The molecule has 3 N–H and O–H groups in total. The molecule has 0 saturated heterocycles. The van der Waals surface area contributed by atoms with Crippen LogP contribution < -0.4 is 11.1 Å². The molecule has 0 fully saturated rings. The summed E-state index contributed by atoms with van der Waals surface area (Å²) < 4.78 is 4.59. The molecule has 0 aliphatic rings. The zero-order valence-corrected chi connectivity index (χ0v) is 9.65. The Balaban J connectivity index is 2.80. The molecule has 1 aromatic heterocycles. The first-order valence-corrected chi connectivity index (χ1v) is 5.04. The number of anilines is 2. The van der Waals surface area contributed by atoms with Gasteiger partial charge < -0.3 is 15.8 Å². The van der Waals surface area contributed by atoms with Gasteiger partial charge in [0.2, 0.25) is 0 Å². The lowest BCUT2D eigenvalue weighted by Gasteiger charge is -2.12. The number of nitrogens with zero attached hydrogens (tertiary/aromatic N) is 2. The van der Waals surface area contributed by atoms with Crippen molar-refractivity contribution in [1.29, 1.82) is 0 Å². The van der Waals surface area contributed by atoms with E-state index in [4.69, 9.17) is 5.73 Å². The summed E-state index contributed by atoms with van der Waals surface area (Å²) in [7, 11) is 1.34. The van der Waals surface area contributed by atoms with E-state index < -0.39 is 6.04 Å². The number of hydrogen-bond donors (Lipinski definition) is 2. The Morgan fingerprint density at radius 3 is 2.88 bits per heavy atom. The van der Waals surface area contributed by atoms with Crippen LogP contribution in [0.3, 0.4) is 0 Å². The van der Waals surface area contributed by atoms with Crippen LogP contribution in [0.2, 0.25) is 0 Å². The second-order valence-corrected chi connectivity index (χ2v) is 3.34. The maximum atomic E-state index is 11.2. The summed E-state index contributed by atoms with van der Waals surface area (Å²) in [6.45, 7) is 3.62. The zero-order valence-electron chi connectivity index (χ0n) is 9.65. The molecule has 6 nitrogen and oxygen atoms in total. The number of methoxy groups -OCH3 is 1. The van der Waals surface area contributed by atoms with Crippen LogP contribution >= 0.6 is 0 Å². The van der Waals surface area contributed by atoms with Crippen molar-refractivity contribution in [3.8, 4) is 0 Å². The monoisotopic (exact) mass is 224 g/mol. The molecule has 0 aliphatic carbocycles. The summed E-state index contributed by atoms with van der Waals surface area (Å²) in [5, 5.41) is 2.90. The first-order valence-electron chi connectivity index (χ1n) is 5.04. The fourth-order valence-electron chi connectivity index (χ4n) is 1.21. The first-order chi connectivity index (χ1) is 7.56. The zero-order chi connectivity index (χ0) is 12.1. The van der Waals surface area contributed by atoms with Gasteiger partial charge in [-0.1, -0.05) is 6.92 Å². The van der Waals surface area contributed by atoms with Gasteiger partial charge in [-0.25, -0.2) is 14.8 Å². The van der Waals surface area contributed by atoms with E-state index in [9.17, 15) is 4.79 Å². The molecule has 0 aromatic carbocycles. The largest absolute Gasteiger partial charge is 0.467 e. The molecule has 88 valence electrons. The second-order valence-electron chi connectivity index (χ2n) is 3.34. The van der Waals surface area contributed by atoms with Crippen molar-refractivity contribution in [1.82, 2.24) is 9.97 Å². The molecule has 1 rings (SSSR count). The Morgan fingerprint density at radius 1 is 1.62 bits per heavy atom. The molecule has 0 spiro atoms. The molecule has 16 heavy (non-hydrogen) atoms. The van der Waals surface area contributed by atoms with Crippen molar-refractivity contribution in [2.75, 3.05) is 18.2 Å². The summed E-state index contributed by atoms with van der Waals surface area (Å²) in [5.74, 6) is 1.20. The molecule has 0 bridgehead atoms.